The SMILES string of the molecule is O=c1c(NCc2cnc[nH]2)c(Cl)cnn1CC1CC1. The lowest BCUT2D eigenvalue weighted by Crippen LogP contribution is -2.26. The fourth-order valence-corrected chi connectivity index (χ4v) is 2.06. The second-order valence-corrected chi connectivity index (χ2v) is 5.14. The Morgan fingerprint density at radius 1 is 1.47 bits per heavy atom. The molecule has 3 rings (SSSR count). The molecule has 0 bridgehead atoms. The average molecular weight is 280 g/mol. The van der Waals surface area contributed by atoms with Gasteiger partial charge in [0.2, 0.25) is 0 Å². The van der Waals surface area contributed by atoms with Crippen LogP contribution in [0.15, 0.2) is 23.5 Å². The minimum Gasteiger partial charge on any atom is -0.374 e. The van der Waals surface area contributed by atoms with Crippen molar-refractivity contribution in [3.8, 4) is 0 Å². The molecule has 19 heavy (non-hydrogen) atoms. The third kappa shape index (κ3) is 2.78. The molecule has 2 N–H and O–H groups in total. The van der Waals surface area contributed by atoms with Gasteiger partial charge in [0.15, 0.2) is 0 Å². The first-order chi connectivity index (χ1) is 9.24. The van der Waals surface area contributed by atoms with Gasteiger partial charge in [-0.05, 0) is 18.8 Å². The van der Waals surface area contributed by atoms with E-state index in [2.05, 4.69) is 20.4 Å². The molecule has 0 saturated heterocycles. The summed E-state index contributed by atoms with van der Waals surface area (Å²) < 4.78 is 1.48. The maximum absolute atomic E-state index is 12.2. The third-order valence-corrected chi connectivity index (χ3v) is 3.42. The topological polar surface area (TPSA) is 75.6 Å². The van der Waals surface area contributed by atoms with Crippen LogP contribution in [0.25, 0.3) is 0 Å². The molecule has 1 aliphatic carbocycles. The highest BCUT2D eigenvalue weighted by molar-refractivity contribution is 6.32. The Kier molecular flexibility index (Phi) is 3.25. The molecule has 0 aliphatic heterocycles. The van der Waals surface area contributed by atoms with Crippen LogP contribution in [0, 0.1) is 5.92 Å². The number of H-pyrrole nitrogens is 1. The highest BCUT2D eigenvalue weighted by Gasteiger charge is 2.23. The molecule has 2 heterocycles. The summed E-state index contributed by atoms with van der Waals surface area (Å²) in [6.45, 7) is 1.15. The van der Waals surface area contributed by atoms with Crippen molar-refractivity contribution < 1.29 is 0 Å². The van der Waals surface area contributed by atoms with Crippen molar-refractivity contribution in [2.24, 2.45) is 5.92 Å². The zero-order valence-corrected chi connectivity index (χ0v) is 11.0. The van der Waals surface area contributed by atoms with Crippen LogP contribution in [0.4, 0.5) is 5.69 Å². The Morgan fingerprint density at radius 3 is 3.00 bits per heavy atom. The number of nitrogens with one attached hydrogen (secondary N) is 2. The van der Waals surface area contributed by atoms with Crippen LogP contribution < -0.4 is 10.9 Å². The summed E-state index contributed by atoms with van der Waals surface area (Å²) in [5.74, 6) is 0.590. The quantitative estimate of drug-likeness (QED) is 0.872. The van der Waals surface area contributed by atoms with Gasteiger partial charge in [0.05, 0.1) is 29.8 Å². The summed E-state index contributed by atoms with van der Waals surface area (Å²) in [6.07, 6.45) is 7.16. The van der Waals surface area contributed by atoms with E-state index in [4.69, 9.17) is 11.6 Å². The van der Waals surface area contributed by atoms with Crippen LogP contribution in [-0.4, -0.2) is 19.7 Å². The molecule has 2 aromatic heterocycles. The van der Waals surface area contributed by atoms with Crippen LogP contribution in [-0.2, 0) is 13.1 Å². The van der Waals surface area contributed by atoms with Crippen molar-refractivity contribution in [3.05, 3.63) is 39.8 Å². The van der Waals surface area contributed by atoms with Crippen molar-refractivity contribution in [2.75, 3.05) is 5.32 Å². The summed E-state index contributed by atoms with van der Waals surface area (Å²) >= 11 is 6.03. The van der Waals surface area contributed by atoms with Gasteiger partial charge >= 0.3 is 0 Å². The van der Waals surface area contributed by atoms with Crippen molar-refractivity contribution >= 4 is 17.3 Å². The highest BCUT2D eigenvalue weighted by atomic mass is 35.5. The summed E-state index contributed by atoms with van der Waals surface area (Å²) in [7, 11) is 0. The van der Waals surface area contributed by atoms with E-state index in [0.717, 1.165) is 5.69 Å². The largest absolute Gasteiger partial charge is 0.374 e. The van der Waals surface area contributed by atoms with E-state index in [-0.39, 0.29) is 5.56 Å². The van der Waals surface area contributed by atoms with Gasteiger partial charge in [0.1, 0.15) is 5.69 Å². The number of halogens is 1. The molecule has 100 valence electrons. The van der Waals surface area contributed by atoms with E-state index in [1.165, 1.54) is 23.7 Å². The highest BCUT2D eigenvalue weighted by Crippen LogP contribution is 2.30. The maximum Gasteiger partial charge on any atom is 0.291 e. The van der Waals surface area contributed by atoms with E-state index in [0.29, 0.717) is 29.7 Å². The standard InChI is InChI=1S/C12H14ClN5O/c13-10-5-17-18(6-8-1-2-8)12(19)11(10)15-4-9-3-14-7-16-9/h3,5,7-8,15H,1-2,4,6H2,(H,14,16). The third-order valence-electron chi connectivity index (χ3n) is 3.14. The molecule has 1 aliphatic rings. The maximum atomic E-state index is 12.2. The number of hydrogen-bond donors (Lipinski definition) is 2. The lowest BCUT2D eigenvalue weighted by atomic mass is 10.4. The van der Waals surface area contributed by atoms with Gasteiger partial charge in [0, 0.05) is 12.7 Å². The van der Waals surface area contributed by atoms with E-state index in [9.17, 15) is 4.79 Å². The molecule has 0 aromatic carbocycles. The normalized spacial score (nSPS) is 14.6. The van der Waals surface area contributed by atoms with Crippen molar-refractivity contribution in [1.82, 2.24) is 19.7 Å². The molecular weight excluding hydrogens is 266 g/mol. The van der Waals surface area contributed by atoms with Crippen LogP contribution in [0.1, 0.15) is 18.5 Å². The van der Waals surface area contributed by atoms with Gasteiger partial charge in [-0.1, -0.05) is 11.6 Å². The predicted octanol–water partition coefficient (Wildman–Crippen LogP) is 1.64. The summed E-state index contributed by atoms with van der Waals surface area (Å²) in [6, 6.07) is 0. The second-order valence-electron chi connectivity index (χ2n) is 4.73. The number of aromatic amines is 1. The monoisotopic (exact) mass is 279 g/mol. The number of anilines is 1. The zero-order valence-electron chi connectivity index (χ0n) is 10.3. The Bertz CT molecular complexity index is 618. The molecule has 1 fully saturated rings. The van der Waals surface area contributed by atoms with Gasteiger partial charge in [-0.25, -0.2) is 9.67 Å². The fourth-order valence-electron chi connectivity index (χ4n) is 1.87. The molecule has 0 radical (unpaired) electrons. The number of nitrogens with zero attached hydrogens (tertiary/aromatic N) is 3. The Labute approximate surface area is 114 Å². The van der Waals surface area contributed by atoms with Crippen LogP contribution in [0.5, 0.6) is 0 Å². The predicted molar refractivity (Wildman–Crippen MR) is 72.1 cm³/mol. The van der Waals surface area contributed by atoms with Crippen LogP contribution in [0.3, 0.4) is 0 Å². The lowest BCUT2D eigenvalue weighted by Gasteiger charge is -2.09. The van der Waals surface area contributed by atoms with Gasteiger partial charge < -0.3 is 10.3 Å². The average Bonchev–Trinajstić information content (AvgIpc) is 3.06. The molecule has 0 amide bonds. The summed E-state index contributed by atoms with van der Waals surface area (Å²) in [5.41, 5.74) is 1.12. The second kappa shape index (κ2) is 5.05. The van der Waals surface area contributed by atoms with Crippen molar-refractivity contribution in [1.29, 1.82) is 0 Å². The molecule has 7 heteroatoms. The fraction of sp³-hybridized carbons (Fsp3) is 0.417. The zero-order chi connectivity index (χ0) is 13.2. The Hall–Kier alpha value is -1.82. The molecule has 6 nitrogen and oxygen atoms in total. The van der Waals surface area contributed by atoms with Gasteiger partial charge in [-0.2, -0.15) is 5.10 Å². The molecule has 2 aromatic rings. The molecule has 1 saturated carbocycles. The summed E-state index contributed by atoms with van der Waals surface area (Å²) in [4.78, 5) is 19.1. The molecule has 0 spiro atoms. The van der Waals surface area contributed by atoms with Gasteiger partial charge in [-0.3, -0.25) is 4.79 Å². The van der Waals surface area contributed by atoms with Crippen molar-refractivity contribution in [3.63, 3.8) is 0 Å². The van der Waals surface area contributed by atoms with E-state index < -0.39 is 0 Å². The number of aromatic nitrogens is 4. The van der Waals surface area contributed by atoms with Crippen LogP contribution in [0.2, 0.25) is 5.02 Å². The first kappa shape index (κ1) is 12.2. The first-order valence-corrected chi connectivity index (χ1v) is 6.58. The molecule has 0 unspecified atom stereocenters. The van der Waals surface area contributed by atoms with Gasteiger partial charge in [0.25, 0.3) is 5.56 Å². The minimum atomic E-state index is -0.168. The summed E-state index contributed by atoms with van der Waals surface area (Å²) in [5, 5.41) is 7.46. The first-order valence-electron chi connectivity index (χ1n) is 6.21. The van der Waals surface area contributed by atoms with E-state index >= 15 is 0 Å². The van der Waals surface area contributed by atoms with Crippen molar-refractivity contribution in [2.45, 2.75) is 25.9 Å². The smallest absolute Gasteiger partial charge is 0.291 e. The molecular formula is C12H14ClN5O. The number of imidazole rings is 1. The minimum absolute atomic E-state index is 0.168. The Morgan fingerprint density at radius 2 is 2.32 bits per heavy atom. The van der Waals surface area contributed by atoms with E-state index in [1.54, 1.807) is 12.5 Å². The van der Waals surface area contributed by atoms with E-state index in [1.807, 2.05) is 0 Å². The number of rotatable bonds is 5. The molecule has 0 atom stereocenters. The number of hydrogen-bond acceptors (Lipinski definition) is 4. The lowest BCUT2D eigenvalue weighted by molar-refractivity contribution is 0.534. The Balaban J connectivity index is 1.80. The van der Waals surface area contributed by atoms with Gasteiger partial charge in [-0.15, -0.1) is 0 Å². The van der Waals surface area contributed by atoms with Crippen LogP contribution >= 0.6 is 11.6 Å².